The van der Waals surface area contributed by atoms with E-state index in [-0.39, 0.29) is 22.5 Å². The lowest BCUT2D eigenvalue weighted by Gasteiger charge is -2.24. The molecule has 0 atom stereocenters. The molecule has 0 saturated heterocycles. The predicted molar refractivity (Wildman–Crippen MR) is 180 cm³/mol. The SMILES string of the molecule is Cc1cccc2c1c1ccccc1n2-c1cc(-c2ccccc2C(F)(F)F)cc(-n2c3ccccc3c3c(C)cccc32)c1C(F)(F)F. The van der Waals surface area contributed by atoms with Crippen LogP contribution in [0.4, 0.5) is 26.3 Å². The zero-order valence-corrected chi connectivity index (χ0v) is 25.7. The van der Waals surface area contributed by atoms with Crippen LogP contribution in [0, 0.1) is 13.8 Å². The Bertz CT molecular complexity index is 2420. The lowest BCUT2D eigenvalue weighted by Crippen LogP contribution is -2.16. The molecule has 2 heterocycles. The predicted octanol–water partition coefficient (Wildman–Crippen LogP) is 12.2. The highest BCUT2D eigenvalue weighted by molar-refractivity contribution is 6.12. The molecule has 8 heteroatoms. The van der Waals surface area contributed by atoms with E-state index < -0.39 is 23.5 Å². The maximum atomic E-state index is 15.8. The minimum absolute atomic E-state index is 0.0121. The standard InChI is InChI=1S/C40H26F6N2/c1-23-11-9-19-32-36(23)27-14-4-7-17-30(27)47(32)34-21-25(26-13-3-6-16-29(26)39(41,42)43)22-35(38(34)40(44,45)46)48-31-18-8-5-15-28(31)37-24(2)12-10-20-33(37)48/h3-22H,1-2H3. The lowest BCUT2D eigenvalue weighted by atomic mass is 9.95. The van der Waals surface area contributed by atoms with Crippen LogP contribution in [0.3, 0.4) is 0 Å². The molecule has 0 aliphatic heterocycles. The molecule has 0 radical (unpaired) electrons. The summed E-state index contributed by atoms with van der Waals surface area (Å²) in [5.74, 6) is 0. The van der Waals surface area contributed by atoms with Crippen molar-refractivity contribution in [2.45, 2.75) is 26.2 Å². The molecule has 2 aromatic heterocycles. The summed E-state index contributed by atoms with van der Waals surface area (Å²) in [6.07, 6.45) is -9.65. The Balaban J connectivity index is 1.63. The number of alkyl halides is 6. The van der Waals surface area contributed by atoms with Gasteiger partial charge in [0, 0.05) is 21.5 Å². The number of nitrogens with zero attached hydrogens (tertiary/aromatic N) is 2. The lowest BCUT2D eigenvalue weighted by molar-refractivity contribution is -0.138. The number of fused-ring (bicyclic) bond motifs is 6. The van der Waals surface area contributed by atoms with Gasteiger partial charge in [-0.1, -0.05) is 78.9 Å². The molecule has 2 nitrogen and oxygen atoms in total. The second-order valence-corrected chi connectivity index (χ2v) is 12.1. The van der Waals surface area contributed by atoms with E-state index in [0.29, 0.717) is 22.1 Å². The molecule has 6 aromatic carbocycles. The Labute approximate surface area is 271 Å². The van der Waals surface area contributed by atoms with Crippen molar-refractivity contribution in [1.82, 2.24) is 9.13 Å². The van der Waals surface area contributed by atoms with E-state index in [1.54, 1.807) is 57.7 Å². The van der Waals surface area contributed by atoms with Crippen molar-refractivity contribution in [2.24, 2.45) is 0 Å². The first kappa shape index (κ1) is 29.9. The topological polar surface area (TPSA) is 9.86 Å². The summed E-state index contributed by atoms with van der Waals surface area (Å²) in [4.78, 5) is 0. The highest BCUT2D eigenvalue weighted by Gasteiger charge is 2.40. The van der Waals surface area contributed by atoms with Gasteiger partial charge in [0.2, 0.25) is 0 Å². The van der Waals surface area contributed by atoms with Crippen LogP contribution < -0.4 is 0 Å². The minimum Gasteiger partial charge on any atom is -0.309 e. The molecule has 0 bridgehead atoms. The Morgan fingerprint density at radius 3 is 1.38 bits per heavy atom. The van der Waals surface area contributed by atoms with E-state index in [2.05, 4.69) is 0 Å². The maximum absolute atomic E-state index is 15.8. The second kappa shape index (κ2) is 10.5. The van der Waals surface area contributed by atoms with E-state index in [1.807, 2.05) is 50.2 Å². The van der Waals surface area contributed by atoms with Crippen molar-refractivity contribution in [1.29, 1.82) is 0 Å². The van der Waals surface area contributed by atoms with Gasteiger partial charge in [-0.3, -0.25) is 0 Å². The van der Waals surface area contributed by atoms with Crippen LogP contribution in [-0.4, -0.2) is 9.13 Å². The number of hydrogen-bond acceptors (Lipinski definition) is 0. The van der Waals surface area contributed by atoms with Gasteiger partial charge in [0.1, 0.15) is 5.56 Å². The van der Waals surface area contributed by atoms with Gasteiger partial charge in [-0.05, 0) is 78.6 Å². The van der Waals surface area contributed by atoms with Gasteiger partial charge in [-0.2, -0.15) is 26.3 Å². The summed E-state index contributed by atoms with van der Waals surface area (Å²) < 4.78 is 94.1. The molecule has 0 aliphatic carbocycles. The fourth-order valence-corrected chi connectivity index (χ4v) is 7.31. The van der Waals surface area contributed by atoms with Gasteiger partial charge < -0.3 is 9.13 Å². The summed E-state index contributed by atoms with van der Waals surface area (Å²) in [6.45, 7) is 3.79. The molecule has 238 valence electrons. The highest BCUT2D eigenvalue weighted by Crippen LogP contribution is 2.47. The summed E-state index contributed by atoms with van der Waals surface area (Å²) >= 11 is 0. The van der Waals surface area contributed by atoms with E-state index in [9.17, 15) is 13.2 Å². The fourth-order valence-electron chi connectivity index (χ4n) is 7.31. The summed E-state index contributed by atoms with van der Waals surface area (Å²) in [5.41, 5.74) is 1.19. The van der Waals surface area contributed by atoms with Crippen molar-refractivity contribution < 1.29 is 26.3 Å². The van der Waals surface area contributed by atoms with Crippen LogP contribution in [0.5, 0.6) is 0 Å². The molecule has 8 rings (SSSR count). The van der Waals surface area contributed by atoms with Crippen molar-refractivity contribution in [3.8, 4) is 22.5 Å². The first-order chi connectivity index (χ1) is 22.9. The third kappa shape index (κ3) is 4.43. The minimum atomic E-state index is -4.91. The number of hydrogen-bond donors (Lipinski definition) is 0. The average molecular weight is 649 g/mol. The van der Waals surface area contributed by atoms with Crippen molar-refractivity contribution >= 4 is 43.6 Å². The largest absolute Gasteiger partial charge is 0.420 e. The smallest absolute Gasteiger partial charge is 0.309 e. The maximum Gasteiger partial charge on any atom is 0.420 e. The van der Waals surface area contributed by atoms with Gasteiger partial charge in [-0.25, -0.2) is 0 Å². The highest BCUT2D eigenvalue weighted by atomic mass is 19.4. The van der Waals surface area contributed by atoms with Crippen LogP contribution in [-0.2, 0) is 12.4 Å². The van der Waals surface area contributed by atoms with Crippen LogP contribution in [0.25, 0.3) is 66.1 Å². The van der Waals surface area contributed by atoms with E-state index in [0.717, 1.165) is 38.7 Å². The summed E-state index contributed by atoms with van der Waals surface area (Å²) in [6, 6.07) is 32.7. The van der Waals surface area contributed by atoms with Crippen molar-refractivity contribution in [3.63, 3.8) is 0 Å². The molecule has 48 heavy (non-hydrogen) atoms. The van der Waals surface area contributed by atoms with E-state index in [4.69, 9.17) is 0 Å². The van der Waals surface area contributed by atoms with Gasteiger partial charge in [0.15, 0.2) is 0 Å². The molecule has 0 fully saturated rings. The molecule has 0 saturated carbocycles. The molecule has 8 aromatic rings. The van der Waals surface area contributed by atoms with Gasteiger partial charge in [0.05, 0.1) is 39.0 Å². The third-order valence-corrected chi connectivity index (χ3v) is 9.22. The van der Waals surface area contributed by atoms with Gasteiger partial charge in [-0.15, -0.1) is 0 Å². The van der Waals surface area contributed by atoms with Crippen LogP contribution in [0.1, 0.15) is 22.3 Å². The number of rotatable bonds is 3. The summed E-state index contributed by atoms with van der Waals surface area (Å²) in [5, 5.41) is 3.04. The summed E-state index contributed by atoms with van der Waals surface area (Å²) in [7, 11) is 0. The monoisotopic (exact) mass is 648 g/mol. The van der Waals surface area contributed by atoms with Gasteiger partial charge in [0.25, 0.3) is 0 Å². The number of benzene rings is 6. The van der Waals surface area contributed by atoms with E-state index in [1.165, 1.54) is 30.3 Å². The van der Waals surface area contributed by atoms with Gasteiger partial charge >= 0.3 is 12.4 Å². The van der Waals surface area contributed by atoms with Crippen LogP contribution in [0.15, 0.2) is 121 Å². The van der Waals surface area contributed by atoms with Crippen LogP contribution >= 0.6 is 0 Å². The molecular formula is C40H26F6N2. The Hall–Kier alpha value is -5.50. The molecule has 0 aliphatic rings. The second-order valence-electron chi connectivity index (χ2n) is 12.1. The quantitative estimate of drug-likeness (QED) is 0.169. The van der Waals surface area contributed by atoms with Crippen LogP contribution in [0.2, 0.25) is 0 Å². The number of para-hydroxylation sites is 2. The normalized spacial score (nSPS) is 12.6. The Morgan fingerprint density at radius 1 is 0.458 bits per heavy atom. The van der Waals surface area contributed by atoms with Crippen molar-refractivity contribution in [2.75, 3.05) is 0 Å². The number of aryl methyl sites for hydroxylation is 2. The third-order valence-electron chi connectivity index (χ3n) is 9.22. The zero-order chi connectivity index (χ0) is 33.5. The molecule has 0 spiro atoms. The number of halogens is 6. The van der Waals surface area contributed by atoms with Crippen molar-refractivity contribution in [3.05, 3.63) is 144 Å². The molecule has 0 amide bonds. The average Bonchev–Trinajstić information content (AvgIpc) is 3.58. The number of aromatic nitrogens is 2. The molecule has 0 unspecified atom stereocenters. The zero-order valence-electron chi connectivity index (χ0n) is 25.7. The Morgan fingerprint density at radius 2 is 0.896 bits per heavy atom. The first-order valence-electron chi connectivity index (χ1n) is 15.4. The molecular weight excluding hydrogens is 622 g/mol. The Kier molecular flexibility index (Phi) is 6.54. The van der Waals surface area contributed by atoms with E-state index >= 15 is 13.2 Å². The fraction of sp³-hybridized carbons (Fsp3) is 0.100. The molecule has 0 N–H and O–H groups in total. The first-order valence-corrected chi connectivity index (χ1v) is 15.4.